The van der Waals surface area contributed by atoms with Gasteiger partial charge < -0.3 is 14.6 Å². The van der Waals surface area contributed by atoms with Crippen LogP contribution >= 0.6 is 35.0 Å². The number of amides is 1. The summed E-state index contributed by atoms with van der Waals surface area (Å²) in [6.07, 6.45) is 0. The molecule has 1 aromatic heterocycles. The van der Waals surface area contributed by atoms with Crippen LogP contribution in [0.3, 0.4) is 0 Å². The monoisotopic (exact) mass is 450 g/mol. The number of hydrogen-bond donors (Lipinski definition) is 1. The van der Waals surface area contributed by atoms with Crippen molar-refractivity contribution in [2.75, 3.05) is 5.75 Å². The molecule has 0 fully saturated rings. The second-order valence-corrected chi connectivity index (χ2v) is 8.09. The van der Waals surface area contributed by atoms with Crippen LogP contribution in [0.4, 0.5) is 0 Å². The van der Waals surface area contributed by atoms with Crippen LogP contribution in [0.15, 0.2) is 53.7 Å². The second-order valence-electron chi connectivity index (χ2n) is 6.30. The average Bonchev–Trinajstić information content (AvgIpc) is 3.06. The van der Waals surface area contributed by atoms with Gasteiger partial charge in [0.2, 0.25) is 5.91 Å². The Morgan fingerprint density at radius 3 is 2.62 bits per heavy atom. The first kappa shape index (κ1) is 21.5. The molecule has 0 aliphatic carbocycles. The van der Waals surface area contributed by atoms with Gasteiger partial charge in [0.25, 0.3) is 0 Å². The molecule has 0 spiro atoms. The number of hydrogen-bond acceptors (Lipinski definition) is 5. The van der Waals surface area contributed by atoms with Gasteiger partial charge in [-0.05, 0) is 42.8 Å². The fourth-order valence-corrected chi connectivity index (χ4v) is 3.76. The van der Waals surface area contributed by atoms with E-state index in [0.717, 1.165) is 5.56 Å². The number of aromatic nitrogens is 3. The van der Waals surface area contributed by atoms with E-state index >= 15 is 0 Å². The van der Waals surface area contributed by atoms with Crippen molar-refractivity contribution >= 4 is 40.9 Å². The highest BCUT2D eigenvalue weighted by Gasteiger charge is 2.15. The van der Waals surface area contributed by atoms with E-state index in [1.807, 2.05) is 42.8 Å². The molecule has 29 heavy (non-hydrogen) atoms. The van der Waals surface area contributed by atoms with Gasteiger partial charge in [-0.2, -0.15) is 0 Å². The Morgan fingerprint density at radius 1 is 1.17 bits per heavy atom. The zero-order chi connectivity index (χ0) is 20.8. The molecule has 6 nitrogen and oxygen atoms in total. The third-order valence-electron chi connectivity index (χ3n) is 4.19. The third-order valence-corrected chi connectivity index (χ3v) is 5.80. The fourth-order valence-electron chi connectivity index (χ4n) is 2.59. The number of rotatable bonds is 8. The molecule has 3 aromatic rings. The number of carbonyl (C=O) groups excluding carboxylic acids is 1. The highest BCUT2D eigenvalue weighted by molar-refractivity contribution is 7.99. The first-order chi connectivity index (χ1) is 13.9. The number of ether oxygens (including phenoxy) is 1. The average molecular weight is 451 g/mol. The molecule has 0 saturated heterocycles. The SMILES string of the molecule is CC(NC(=O)CSc1nnc(COc2ccc(Cl)cc2)n1C)c1ccccc1Cl. The van der Waals surface area contributed by atoms with E-state index in [2.05, 4.69) is 15.5 Å². The summed E-state index contributed by atoms with van der Waals surface area (Å²) < 4.78 is 7.51. The van der Waals surface area contributed by atoms with Crippen molar-refractivity contribution in [2.24, 2.45) is 7.05 Å². The number of benzene rings is 2. The van der Waals surface area contributed by atoms with Gasteiger partial charge in [0.1, 0.15) is 12.4 Å². The van der Waals surface area contributed by atoms with Crippen LogP contribution in [0.5, 0.6) is 5.75 Å². The molecule has 0 aliphatic heterocycles. The molecular formula is C20H20Cl2N4O2S. The zero-order valence-electron chi connectivity index (χ0n) is 15.9. The van der Waals surface area contributed by atoms with Crippen LogP contribution in [0.2, 0.25) is 10.0 Å². The Labute approximate surface area is 183 Å². The van der Waals surface area contributed by atoms with Gasteiger partial charge in [0, 0.05) is 17.1 Å². The highest BCUT2D eigenvalue weighted by atomic mass is 35.5. The molecule has 3 rings (SSSR count). The lowest BCUT2D eigenvalue weighted by atomic mass is 10.1. The minimum atomic E-state index is -0.181. The smallest absolute Gasteiger partial charge is 0.230 e. The van der Waals surface area contributed by atoms with Crippen molar-refractivity contribution in [1.82, 2.24) is 20.1 Å². The van der Waals surface area contributed by atoms with E-state index in [0.29, 0.717) is 26.8 Å². The van der Waals surface area contributed by atoms with E-state index in [1.165, 1.54) is 11.8 Å². The number of nitrogens with one attached hydrogen (secondary N) is 1. The molecule has 0 aliphatic rings. The Balaban J connectivity index is 1.51. The topological polar surface area (TPSA) is 69.0 Å². The van der Waals surface area contributed by atoms with Gasteiger partial charge in [-0.15, -0.1) is 10.2 Å². The van der Waals surface area contributed by atoms with Gasteiger partial charge in [-0.3, -0.25) is 4.79 Å². The first-order valence-electron chi connectivity index (χ1n) is 8.87. The maximum Gasteiger partial charge on any atom is 0.230 e. The predicted octanol–water partition coefficient (Wildman–Crippen LogP) is 4.67. The number of halogens is 2. The molecule has 1 unspecified atom stereocenters. The van der Waals surface area contributed by atoms with E-state index in [-0.39, 0.29) is 24.3 Å². The van der Waals surface area contributed by atoms with Crippen molar-refractivity contribution in [3.8, 4) is 5.75 Å². The Kier molecular flexibility index (Phi) is 7.41. The third kappa shape index (κ3) is 5.88. The highest BCUT2D eigenvalue weighted by Crippen LogP contribution is 2.23. The van der Waals surface area contributed by atoms with Gasteiger partial charge in [0.15, 0.2) is 11.0 Å². The summed E-state index contributed by atoms with van der Waals surface area (Å²) in [4.78, 5) is 12.3. The minimum Gasteiger partial charge on any atom is -0.486 e. The maximum absolute atomic E-state index is 12.3. The summed E-state index contributed by atoms with van der Waals surface area (Å²) in [5, 5.41) is 13.1. The molecule has 1 atom stereocenters. The first-order valence-corrected chi connectivity index (χ1v) is 10.6. The van der Waals surface area contributed by atoms with Crippen LogP contribution in [0.1, 0.15) is 24.4 Å². The van der Waals surface area contributed by atoms with E-state index in [1.54, 1.807) is 24.3 Å². The lowest BCUT2D eigenvalue weighted by Crippen LogP contribution is -2.28. The van der Waals surface area contributed by atoms with Gasteiger partial charge >= 0.3 is 0 Å². The summed E-state index contributed by atoms with van der Waals surface area (Å²) in [6, 6.07) is 14.4. The van der Waals surface area contributed by atoms with Gasteiger partial charge in [-0.1, -0.05) is 53.2 Å². The maximum atomic E-state index is 12.3. The standard InChI is InChI=1S/C20H20Cl2N4O2S/c1-13(16-5-3-4-6-17(16)22)23-19(27)12-29-20-25-24-18(26(20)2)11-28-15-9-7-14(21)8-10-15/h3-10,13H,11-12H2,1-2H3,(H,23,27). The molecule has 1 heterocycles. The molecular weight excluding hydrogens is 431 g/mol. The predicted molar refractivity (Wildman–Crippen MR) is 116 cm³/mol. The van der Waals surface area contributed by atoms with Crippen LogP contribution < -0.4 is 10.1 Å². The summed E-state index contributed by atoms with van der Waals surface area (Å²) in [6.45, 7) is 2.17. The molecule has 1 amide bonds. The largest absolute Gasteiger partial charge is 0.486 e. The van der Waals surface area contributed by atoms with Crippen LogP contribution in [-0.4, -0.2) is 26.4 Å². The number of nitrogens with zero attached hydrogens (tertiary/aromatic N) is 3. The Hall–Kier alpha value is -2.22. The van der Waals surface area contributed by atoms with Crippen LogP contribution in [-0.2, 0) is 18.4 Å². The molecule has 152 valence electrons. The van der Waals surface area contributed by atoms with Crippen molar-refractivity contribution in [3.05, 3.63) is 70.0 Å². The lowest BCUT2D eigenvalue weighted by Gasteiger charge is -2.15. The normalized spacial score (nSPS) is 11.9. The van der Waals surface area contributed by atoms with Crippen molar-refractivity contribution in [3.63, 3.8) is 0 Å². The molecule has 0 saturated carbocycles. The lowest BCUT2D eigenvalue weighted by molar-refractivity contribution is -0.119. The van der Waals surface area contributed by atoms with E-state index in [9.17, 15) is 4.79 Å². The quantitative estimate of drug-likeness (QED) is 0.504. The van der Waals surface area contributed by atoms with Crippen LogP contribution in [0, 0.1) is 0 Å². The van der Waals surface area contributed by atoms with Crippen LogP contribution in [0.25, 0.3) is 0 Å². The van der Waals surface area contributed by atoms with E-state index < -0.39 is 0 Å². The summed E-state index contributed by atoms with van der Waals surface area (Å²) in [5.74, 6) is 1.47. The van der Waals surface area contributed by atoms with Gasteiger partial charge in [-0.25, -0.2) is 0 Å². The summed E-state index contributed by atoms with van der Waals surface area (Å²) in [5.41, 5.74) is 0.882. The van der Waals surface area contributed by atoms with Crippen molar-refractivity contribution in [1.29, 1.82) is 0 Å². The molecule has 0 bridgehead atoms. The van der Waals surface area contributed by atoms with E-state index in [4.69, 9.17) is 27.9 Å². The Morgan fingerprint density at radius 2 is 1.90 bits per heavy atom. The Bertz CT molecular complexity index is 979. The molecule has 9 heteroatoms. The summed E-state index contributed by atoms with van der Waals surface area (Å²) in [7, 11) is 1.84. The van der Waals surface area contributed by atoms with Crippen molar-refractivity contribution < 1.29 is 9.53 Å². The number of carbonyl (C=O) groups is 1. The second kappa shape index (κ2) is 10.0. The van der Waals surface area contributed by atoms with Gasteiger partial charge in [0.05, 0.1) is 11.8 Å². The minimum absolute atomic E-state index is 0.107. The summed E-state index contributed by atoms with van der Waals surface area (Å²) >= 11 is 13.4. The van der Waals surface area contributed by atoms with Crippen molar-refractivity contribution in [2.45, 2.75) is 24.7 Å². The number of thioether (sulfide) groups is 1. The molecule has 2 aromatic carbocycles. The zero-order valence-corrected chi connectivity index (χ0v) is 18.3. The molecule has 1 N–H and O–H groups in total. The fraction of sp³-hybridized carbons (Fsp3) is 0.250. The molecule has 0 radical (unpaired) electrons.